The molecule has 0 spiro atoms. The van der Waals surface area contributed by atoms with Gasteiger partial charge in [-0.05, 0) is 24.3 Å². The SMILES string of the molecule is CO.Nc1ccc(NC(=O)C=CC(=O)O)cc1. The summed E-state index contributed by atoms with van der Waals surface area (Å²) in [6, 6.07) is 6.52. The van der Waals surface area contributed by atoms with Crippen LogP contribution in [0.5, 0.6) is 0 Å². The molecule has 0 unspecified atom stereocenters. The number of hydrogen-bond acceptors (Lipinski definition) is 4. The summed E-state index contributed by atoms with van der Waals surface area (Å²) in [5.41, 5.74) is 6.60. The first-order chi connectivity index (χ1) is 8.08. The van der Waals surface area contributed by atoms with Crippen molar-refractivity contribution >= 4 is 23.3 Å². The smallest absolute Gasteiger partial charge is 0.328 e. The third-order valence-electron chi connectivity index (χ3n) is 1.56. The first-order valence-corrected chi connectivity index (χ1v) is 4.60. The zero-order valence-corrected chi connectivity index (χ0v) is 9.25. The zero-order chi connectivity index (χ0) is 13.3. The van der Waals surface area contributed by atoms with Crippen molar-refractivity contribution in [1.29, 1.82) is 0 Å². The Kier molecular flexibility index (Phi) is 6.80. The topological polar surface area (TPSA) is 113 Å². The standard InChI is InChI=1S/C10H10N2O3.CH4O/c11-7-1-3-8(4-2-7)12-9(13)5-6-10(14)15;1-2/h1-6H,11H2,(H,12,13)(H,14,15);2H,1H3. The van der Waals surface area contributed by atoms with Gasteiger partial charge in [0.2, 0.25) is 5.91 Å². The van der Waals surface area contributed by atoms with E-state index in [0.717, 1.165) is 19.3 Å². The normalized spacial score (nSPS) is 9.29. The Morgan fingerprint density at radius 3 is 2.18 bits per heavy atom. The molecule has 1 amide bonds. The van der Waals surface area contributed by atoms with Gasteiger partial charge < -0.3 is 21.3 Å². The molecule has 6 nitrogen and oxygen atoms in total. The molecule has 0 aromatic heterocycles. The fourth-order valence-electron chi connectivity index (χ4n) is 0.897. The van der Waals surface area contributed by atoms with E-state index in [0.29, 0.717) is 11.4 Å². The van der Waals surface area contributed by atoms with Crippen LogP contribution >= 0.6 is 0 Å². The molecule has 5 N–H and O–H groups in total. The van der Waals surface area contributed by atoms with Gasteiger partial charge >= 0.3 is 5.97 Å². The minimum atomic E-state index is -1.16. The number of carbonyl (C=O) groups excluding carboxylic acids is 1. The predicted molar refractivity (Wildman–Crippen MR) is 64.4 cm³/mol. The quantitative estimate of drug-likeness (QED) is 0.451. The van der Waals surface area contributed by atoms with Gasteiger partial charge in [0.15, 0.2) is 0 Å². The van der Waals surface area contributed by atoms with Crippen molar-refractivity contribution in [3.8, 4) is 0 Å². The predicted octanol–water partition coefficient (Wildman–Crippen LogP) is 0.457. The van der Waals surface area contributed by atoms with E-state index >= 15 is 0 Å². The van der Waals surface area contributed by atoms with Gasteiger partial charge in [-0.1, -0.05) is 0 Å². The van der Waals surface area contributed by atoms with Crippen molar-refractivity contribution in [3.63, 3.8) is 0 Å². The van der Waals surface area contributed by atoms with E-state index < -0.39 is 11.9 Å². The van der Waals surface area contributed by atoms with E-state index in [1.165, 1.54) is 0 Å². The van der Waals surface area contributed by atoms with Crippen LogP contribution in [0, 0.1) is 0 Å². The molecule has 0 aliphatic rings. The zero-order valence-electron chi connectivity index (χ0n) is 9.25. The Morgan fingerprint density at radius 1 is 1.18 bits per heavy atom. The maximum absolute atomic E-state index is 11.1. The van der Waals surface area contributed by atoms with E-state index in [4.69, 9.17) is 15.9 Å². The first-order valence-electron chi connectivity index (χ1n) is 4.60. The fraction of sp³-hybridized carbons (Fsp3) is 0.0909. The molecule has 0 aliphatic carbocycles. The molecule has 17 heavy (non-hydrogen) atoms. The van der Waals surface area contributed by atoms with Crippen molar-refractivity contribution in [2.24, 2.45) is 0 Å². The molecule has 0 fully saturated rings. The lowest BCUT2D eigenvalue weighted by Crippen LogP contribution is -2.08. The van der Waals surface area contributed by atoms with Gasteiger partial charge in [0, 0.05) is 30.6 Å². The molecular weight excluding hydrogens is 224 g/mol. The van der Waals surface area contributed by atoms with Crippen molar-refractivity contribution in [2.75, 3.05) is 18.2 Å². The molecule has 0 saturated carbocycles. The monoisotopic (exact) mass is 238 g/mol. The summed E-state index contributed by atoms with van der Waals surface area (Å²) in [7, 11) is 1.00. The van der Waals surface area contributed by atoms with E-state index in [1.807, 2.05) is 0 Å². The van der Waals surface area contributed by atoms with Crippen LogP contribution in [0.15, 0.2) is 36.4 Å². The molecule has 0 bridgehead atoms. The minimum Gasteiger partial charge on any atom is -0.478 e. The Balaban J connectivity index is 0.00000121. The lowest BCUT2D eigenvalue weighted by Gasteiger charge is -2.01. The second-order valence-corrected chi connectivity index (χ2v) is 2.78. The molecule has 92 valence electrons. The number of aliphatic hydroxyl groups excluding tert-OH is 1. The van der Waals surface area contributed by atoms with Crippen molar-refractivity contribution in [2.45, 2.75) is 0 Å². The Morgan fingerprint density at radius 2 is 1.71 bits per heavy atom. The highest BCUT2D eigenvalue weighted by atomic mass is 16.4. The van der Waals surface area contributed by atoms with Gasteiger partial charge in [-0.3, -0.25) is 4.79 Å². The van der Waals surface area contributed by atoms with Gasteiger partial charge in [0.05, 0.1) is 0 Å². The van der Waals surface area contributed by atoms with Crippen molar-refractivity contribution < 1.29 is 19.8 Å². The Hall–Kier alpha value is -2.34. The van der Waals surface area contributed by atoms with E-state index in [1.54, 1.807) is 24.3 Å². The lowest BCUT2D eigenvalue weighted by molar-refractivity contribution is -0.131. The summed E-state index contributed by atoms with van der Waals surface area (Å²) < 4.78 is 0. The summed E-state index contributed by atoms with van der Waals surface area (Å²) in [6.07, 6.45) is 1.71. The summed E-state index contributed by atoms with van der Waals surface area (Å²) in [6.45, 7) is 0. The molecule has 0 radical (unpaired) electrons. The Labute approximate surface area is 98.4 Å². The summed E-state index contributed by atoms with van der Waals surface area (Å²) in [5.74, 6) is -1.66. The number of anilines is 2. The summed E-state index contributed by atoms with van der Waals surface area (Å²) in [4.78, 5) is 21.2. The number of carbonyl (C=O) groups is 2. The van der Waals surface area contributed by atoms with Gasteiger partial charge in [0.1, 0.15) is 0 Å². The number of aliphatic hydroxyl groups is 1. The average molecular weight is 238 g/mol. The number of hydrogen-bond donors (Lipinski definition) is 4. The van der Waals surface area contributed by atoms with Crippen LogP contribution in [0.1, 0.15) is 0 Å². The molecule has 6 heteroatoms. The minimum absolute atomic E-state index is 0.498. The molecule has 0 heterocycles. The number of aliphatic carboxylic acids is 1. The van der Waals surface area contributed by atoms with Gasteiger partial charge in [-0.2, -0.15) is 0 Å². The van der Waals surface area contributed by atoms with E-state index in [-0.39, 0.29) is 0 Å². The number of amides is 1. The number of benzene rings is 1. The van der Waals surface area contributed by atoms with Crippen LogP contribution in [-0.4, -0.2) is 29.2 Å². The van der Waals surface area contributed by atoms with Crippen LogP contribution in [-0.2, 0) is 9.59 Å². The Bertz CT molecular complexity index is 398. The van der Waals surface area contributed by atoms with Crippen LogP contribution in [0.4, 0.5) is 11.4 Å². The highest BCUT2D eigenvalue weighted by Crippen LogP contribution is 2.10. The molecule has 0 saturated heterocycles. The lowest BCUT2D eigenvalue weighted by atomic mass is 10.3. The van der Waals surface area contributed by atoms with E-state index in [2.05, 4.69) is 5.32 Å². The number of carboxylic acid groups (broad SMARTS) is 1. The average Bonchev–Trinajstić information content (AvgIpc) is 2.32. The molecule has 1 aromatic carbocycles. The first kappa shape index (κ1) is 14.7. The van der Waals surface area contributed by atoms with Crippen LogP contribution < -0.4 is 11.1 Å². The summed E-state index contributed by atoms with van der Waals surface area (Å²) >= 11 is 0. The third-order valence-corrected chi connectivity index (χ3v) is 1.56. The van der Waals surface area contributed by atoms with Gasteiger partial charge in [-0.15, -0.1) is 0 Å². The maximum atomic E-state index is 11.1. The summed E-state index contributed by atoms with van der Waals surface area (Å²) in [5, 5.41) is 17.8. The highest BCUT2D eigenvalue weighted by Gasteiger charge is 1.97. The fourth-order valence-corrected chi connectivity index (χ4v) is 0.897. The van der Waals surface area contributed by atoms with Crippen molar-refractivity contribution in [3.05, 3.63) is 36.4 Å². The maximum Gasteiger partial charge on any atom is 0.328 e. The van der Waals surface area contributed by atoms with Crippen LogP contribution in [0.25, 0.3) is 0 Å². The number of rotatable bonds is 3. The van der Waals surface area contributed by atoms with Gasteiger partial charge in [0.25, 0.3) is 0 Å². The second-order valence-electron chi connectivity index (χ2n) is 2.78. The second kappa shape index (κ2) is 7.89. The van der Waals surface area contributed by atoms with Gasteiger partial charge in [-0.25, -0.2) is 4.79 Å². The molecule has 0 atom stereocenters. The van der Waals surface area contributed by atoms with Crippen LogP contribution in [0.3, 0.4) is 0 Å². The number of nitrogens with one attached hydrogen (secondary N) is 1. The number of nitrogen functional groups attached to an aromatic ring is 1. The molecule has 0 aliphatic heterocycles. The van der Waals surface area contributed by atoms with E-state index in [9.17, 15) is 9.59 Å². The molecule has 1 aromatic rings. The molecule has 1 rings (SSSR count). The number of carboxylic acids is 1. The third kappa shape index (κ3) is 6.69. The molecular formula is C11H14N2O4. The van der Waals surface area contributed by atoms with Crippen molar-refractivity contribution in [1.82, 2.24) is 0 Å². The highest BCUT2D eigenvalue weighted by molar-refractivity contribution is 6.02. The number of nitrogens with two attached hydrogens (primary N) is 1. The largest absolute Gasteiger partial charge is 0.478 e. The van der Waals surface area contributed by atoms with Crippen LogP contribution in [0.2, 0.25) is 0 Å².